The van der Waals surface area contributed by atoms with Gasteiger partial charge in [-0.05, 0) is 18.2 Å². The molecule has 0 unspecified atom stereocenters. The molecule has 0 radical (unpaired) electrons. The molecule has 0 aliphatic heterocycles. The zero-order chi connectivity index (χ0) is 21.0. The van der Waals surface area contributed by atoms with Crippen molar-refractivity contribution in [3.63, 3.8) is 0 Å². The predicted octanol–water partition coefficient (Wildman–Crippen LogP) is 3.28. The number of methoxy groups -OCH3 is 1. The van der Waals surface area contributed by atoms with Gasteiger partial charge < -0.3 is 14.2 Å². The van der Waals surface area contributed by atoms with E-state index >= 15 is 0 Å². The van der Waals surface area contributed by atoms with Crippen molar-refractivity contribution < 1.29 is 37.0 Å². The van der Waals surface area contributed by atoms with Crippen LogP contribution >= 0.6 is 11.3 Å². The highest BCUT2D eigenvalue weighted by Crippen LogP contribution is 2.30. The number of fused-ring (bicyclic) bond motifs is 1. The topological polar surface area (TPSA) is 86.8 Å². The number of amides is 1. The summed E-state index contributed by atoms with van der Waals surface area (Å²) < 4.78 is 55.3. The summed E-state index contributed by atoms with van der Waals surface area (Å²) in [6, 6.07) is 7.43. The van der Waals surface area contributed by atoms with Crippen LogP contribution in [0.1, 0.15) is 0 Å². The van der Waals surface area contributed by atoms with E-state index in [0.717, 1.165) is 17.4 Å². The number of hydrogen-bond acceptors (Lipinski definition) is 7. The van der Waals surface area contributed by atoms with Gasteiger partial charge in [0.25, 0.3) is 5.91 Å². The molecule has 2 aromatic carbocycles. The lowest BCUT2D eigenvalue weighted by Gasteiger charge is -2.09. The number of para-hydroxylation sites is 2. The number of thiazole rings is 1. The Bertz CT molecular complexity index is 1070. The Labute approximate surface area is 166 Å². The highest BCUT2D eigenvalue weighted by Gasteiger charge is 2.18. The summed E-state index contributed by atoms with van der Waals surface area (Å²) in [6.45, 7) is -1.12. The number of benzene rings is 2. The van der Waals surface area contributed by atoms with E-state index in [9.17, 15) is 22.8 Å². The fraction of sp³-hybridized carbons (Fsp3) is 0.167. The largest absolute Gasteiger partial charge is 0.493 e. The number of aromatic nitrogens is 1. The van der Waals surface area contributed by atoms with Crippen LogP contribution in [0.15, 0.2) is 30.3 Å². The van der Waals surface area contributed by atoms with Crippen LogP contribution in [-0.2, 0) is 14.3 Å². The van der Waals surface area contributed by atoms with Gasteiger partial charge in [0, 0.05) is 0 Å². The van der Waals surface area contributed by atoms with Crippen LogP contribution < -0.4 is 14.8 Å². The molecule has 0 aliphatic rings. The van der Waals surface area contributed by atoms with Crippen LogP contribution in [0.3, 0.4) is 0 Å². The van der Waals surface area contributed by atoms with Crippen molar-refractivity contribution in [3.8, 4) is 11.5 Å². The maximum absolute atomic E-state index is 13.7. The molecule has 1 N–H and O–H groups in total. The fourth-order valence-electron chi connectivity index (χ4n) is 2.25. The van der Waals surface area contributed by atoms with Crippen LogP contribution in [0.4, 0.5) is 18.3 Å². The molecule has 29 heavy (non-hydrogen) atoms. The number of rotatable bonds is 7. The Morgan fingerprint density at radius 2 is 1.83 bits per heavy atom. The Morgan fingerprint density at radius 1 is 1.10 bits per heavy atom. The molecule has 152 valence electrons. The highest BCUT2D eigenvalue weighted by molar-refractivity contribution is 7.22. The van der Waals surface area contributed by atoms with E-state index in [0.29, 0.717) is 11.5 Å². The van der Waals surface area contributed by atoms with E-state index < -0.39 is 48.1 Å². The van der Waals surface area contributed by atoms with Gasteiger partial charge in [-0.3, -0.25) is 10.1 Å². The summed E-state index contributed by atoms with van der Waals surface area (Å²) in [5, 5.41) is 2.16. The Balaban J connectivity index is 1.52. The second kappa shape index (κ2) is 8.78. The average molecular weight is 426 g/mol. The smallest absolute Gasteiger partial charge is 0.344 e. The summed E-state index contributed by atoms with van der Waals surface area (Å²) in [6.07, 6.45) is 0. The van der Waals surface area contributed by atoms with E-state index in [4.69, 9.17) is 14.2 Å². The van der Waals surface area contributed by atoms with E-state index in [1.54, 1.807) is 24.3 Å². The molecule has 0 fully saturated rings. The quantitative estimate of drug-likeness (QED) is 0.461. The summed E-state index contributed by atoms with van der Waals surface area (Å²) in [5.41, 5.74) is -0.411. The van der Waals surface area contributed by atoms with Gasteiger partial charge in [-0.25, -0.2) is 22.9 Å². The third-order valence-corrected chi connectivity index (χ3v) is 4.46. The SMILES string of the molecule is COc1ccccc1OCC(=O)OCC(=O)Nc1nc2c(F)c(F)c(F)cc2s1. The Morgan fingerprint density at radius 3 is 2.55 bits per heavy atom. The predicted molar refractivity (Wildman–Crippen MR) is 97.6 cm³/mol. The van der Waals surface area contributed by atoms with Crippen molar-refractivity contribution in [2.75, 3.05) is 25.6 Å². The van der Waals surface area contributed by atoms with Gasteiger partial charge >= 0.3 is 5.97 Å². The third kappa shape index (κ3) is 4.74. The summed E-state index contributed by atoms with van der Waals surface area (Å²) in [4.78, 5) is 27.3. The van der Waals surface area contributed by atoms with Crippen molar-refractivity contribution in [2.45, 2.75) is 0 Å². The van der Waals surface area contributed by atoms with Gasteiger partial charge in [-0.1, -0.05) is 23.5 Å². The first-order chi connectivity index (χ1) is 13.9. The highest BCUT2D eigenvalue weighted by atomic mass is 32.1. The minimum absolute atomic E-state index is 0.0129. The number of esters is 1. The maximum atomic E-state index is 13.7. The van der Waals surface area contributed by atoms with Crippen LogP contribution in [0, 0.1) is 17.5 Å². The number of carbonyl (C=O) groups excluding carboxylic acids is 2. The molecule has 1 amide bonds. The van der Waals surface area contributed by atoms with Gasteiger partial charge in [0.15, 0.2) is 47.3 Å². The second-order valence-corrected chi connectivity index (χ2v) is 6.53. The monoisotopic (exact) mass is 426 g/mol. The molecule has 1 heterocycles. The molecule has 0 atom stereocenters. The molecule has 0 saturated heterocycles. The molecule has 0 saturated carbocycles. The lowest BCUT2D eigenvalue weighted by Crippen LogP contribution is -2.23. The van der Waals surface area contributed by atoms with Gasteiger partial charge in [0.1, 0.15) is 5.52 Å². The molecule has 0 aliphatic carbocycles. The number of ether oxygens (including phenoxy) is 3. The number of halogens is 3. The van der Waals surface area contributed by atoms with E-state index in [1.165, 1.54) is 7.11 Å². The van der Waals surface area contributed by atoms with E-state index in [-0.39, 0.29) is 9.83 Å². The van der Waals surface area contributed by atoms with Crippen LogP contribution in [0.5, 0.6) is 11.5 Å². The summed E-state index contributed by atoms with van der Waals surface area (Å²) >= 11 is 0.740. The lowest BCUT2D eigenvalue weighted by molar-refractivity contribution is -0.149. The van der Waals surface area contributed by atoms with E-state index in [1.807, 2.05) is 0 Å². The zero-order valence-electron chi connectivity index (χ0n) is 14.8. The van der Waals surface area contributed by atoms with Crippen molar-refractivity contribution in [1.29, 1.82) is 0 Å². The maximum Gasteiger partial charge on any atom is 0.344 e. The molecule has 3 rings (SSSR count). The molecular weight excluding hydrogens is 413 g/mol. The molecular formula is C18H13F3N2O5S. The minimum Gasteiger partial charge on any atom is -0.493 e. The molecule has 0 spiro atoms. The first kappa shape index (κ1) is 20.4. The summed E-state index contributed by atoms with van der Waals surface area (Å²) in [5.74, 6) is -5.29. The molecule has 0 bridgehead atoms. The Kier molecular flexibility index (Phi) is 6.17. The van der Waals surface area contributed by atoms with E-state index in [2.05, 4.69) is 10.3 Å². The minimum atomic E-state index is -1.65. The van der Waals surface area contributed by atoms with Crippen molar-refractivity contribution in [1.82, 2.24) is 4.98 Å². The number of carbonyl (C=O) groups is 2. The van der Waals surface area contributed by atoms with Gasteiger partial charge in [-0.15, -0.1) is 0 Å². The van der Waals surface area contributed by atoms with Crippen LogP contribution in [-0.4, -0.2) is 37.2 Å². The number of anilines is 1. The van der Waals surface area contributed by atoms with Crippen molar-refractivity contribution in [2.24, 2.45) is 0 Å². The Hall–Kier alpha value is -3.34. The second-order valence-electron chi connectivity index (χ2n) is 5.50. The van der Waals surface area contributed by atoms with Crippen LogP contribution in [0.2, 0.25) is 0 Å². The number of nitrogens with zero attached hydrogens (tertiary/aromatic N) is 1. The van der Waals surface area contributed by atoms with Gasteiger partial charge in [0.05, 0.1) is 11.8 Å². The zero-order valence-corrected chi connectivity index (χ0v) is 15.6. The van der Waals surface area contributed by atoms with Gasteiger partial charge in [0.2, 0.25) is 0 Å². The molecule has 3 aromatic rings. The number of nitrogens with one attached hydrogen (secondary N) is 1. The first-order valence-electron chi connectivity index (χ1n) is 8.04. The van der Waals surface area contributed by atoms with Crippen molar-refractivity contribution >= 4 is 38.6 Å². The summed E-state index contributed by atoms with van der Waals surface area (Å²) in [7, 11) is 1.45. The molecule has 11 heteroatoms. The standard InChI is InChI=1S/C18H13F3N2O5S/c1-26-10-4-2-3-5-11(10)27-8-14(25)28-7-13(24)22-18-23-17-12(29-18)6-9(19)15(20)16(17)21/h2-6H,7-8H2,1H3,(H,22,23,24). The normalized spacial score (nSPS) is 10.6. The van der Waals surface area contributed by atoms with Gasteiger partial charge in [-0.2, -0.15) is 0 Å². The first-order valence-corrected chi connectivity index (χ1v) is 8.86. The molecule has 7 nitrogen and oxygen atoms in total. The fourth-order valence-corrected chi connectivity index (χ4v) is 3.15. The third-order valence-electron chi connectivity index (χ3n) is 3.55. The van der Waals surface area contributed by atoms with Crippen molar-refractivity contribution in [3.05, 3.63) is 47.8 Å². The van der Waals surface area contributed by atoms with Crippen LogP contribution in [0.25, 0.3) is 10.2 Å². The molecule has 1 aromatic heterocycles. The lowest BCUT2D eigenvalue weighted by atomic mass is 10.3. The number of hydrogen-bond donors (Lipinski definition) is 1. The average Bonchev–Trinajstić information content (AvgIpc) is 3.11.